The zero-order valence-electron chi connectivity index (χ0n) is 11.4. The molecule has 2 bridgehead atoms. The van der Waals surface area contributed by atoms with Crippen molar-refractivity contribution >= 4 is 0 Å². The minimum absolute atomic E-state index is 0.333. The van der Waals surface area contributed by atoms with Crippen molar-refractivity contribution in [2.75, 3.05) is 0 Å². The first-order valence-corrected chi connectivity index (χ1v) is 7.50. The van der Waals surface area contributed by atoms with Crippen LogP contribution in [0.2, 0.25) is 0 Å². The lowest BCUT2D eigenvalue weighted by atomic mass is 9.93. The number of rotatable bonds is 2. The highest BCUT2D eigenvalue weighted by Crippen LogP contribution is 2.71. The van der Waals surface area contributed by atoms with Crippen molar-refractivity contribution in [3.8, 4) is 0 Å². The van der Waals surface area contributed by atoms with Crippen molar-refractivity contribution in [2.45, 2.75) is 31.5 Å². The van der Waals surface area contributed by atoms with E-state index >= 15 is 0 Å². The smallest absolute Gasteiger partial charge is 0.324 e. The van der Waals surface area contributed by atoms with Gasteiger partial charge < -0.3 is 5.73 Å². The molecular formula is C16H17F4N. The fraction of sp³-hybridized carbons (Fsp3) is 0.625. The van der Waals surface area contributed by atoms with Crippen LogP contribution in [0.3, 0.4) is 0 Å². The zero-order chi connectivity index (χ0) is 14.9. The molecule has 3 saturated carbocycles. The Labute approximate surface area is 120 Å². The first-order chi connectivity index (χ1) is 9.88. The molecule has 3 fully saturated rings. The lowest BCUT2D eigenvalue weighted by Gasteiger charge is -2.18. The second-order valence-corrected chi connectivity index (χ2v) is 6.83. The third kappa shape index (κ3) is 1.93. The van der Waals surface area contributed by atoms with E-state index in [1.165, 1.54) is 25.3 Å². The summed E-state index contributed by atoms with van der Waals surface area (Å²) in [5.41, 5.74) is 5.51. The van der Waals surface area contributed by atoms with Gasteiger partial charge in [0.2, 0.25) is 0 Å². The molecule has 2 N–H and O–H groups in total. The van der Waals surface area contributed by atoms with Crippen molar-refractivity contribution in [1.29, 1.82) is 0 Å². The molecule has 0 amide bonds. The molecule has 3 aliphatic carbocycles. The summed E-state index contributed by atoms with van der Waals surface area (Å²) in [7, 11) is 0. The number of nitrogens with two attached hydrogens (primary N) is 1. The lowest BCUT2D eigenvalue weighted by Crippen LogP contribution is -2.18. The van der Waals surface area contributed by atoms with Gasteiger partial charge in [-0.1, -0.05) is 6.07 Å². The van der Waals surface area contributed by atoms with E-state index < -0.39 is 17.6 Å². The molecule has 1 nitrogen and oxygen atoms in total. The molecule has 0 heterocycles. The summed E-state index contributed by atoms with van der Waals surface area (Å²) in [6, 6.07) is 2.80. The predicted molar refractivity (Wildman–Crippen MR) is 69.6 cm³/mol. The number of alkyl halides is 3. The molecule has 5 heteroatoms. The van der Waals surface area contributed by atoms with Crippen LogP contribution in [0.1, 0.15) is 36.4 Å². The molecule has 1 aromatic carbocycles. The topological polar surface area (TPSA) is 26.0 Å². The zero-order valence-corrected chi connectivity index (χ0v) is 11.4. The summed E-state index contributed by atoms with van der Waals surface area (Å²) in [6.07, 6.45) is -0.839. The summed E-state index contributed by atoms with van der Waals surface area (Å²) < 4.78 is 51.4. The van der Waals surface area contributed by atoms with Gasteiger partial charge in [-0.25, -0.2) is 4.39 Å². The van der Waals surface area contributed by atoms with Crippen LogP contribution >= 0.6 is 0 Å². The second-order valence-electron chi connectivity index (χ2n) is 6.83. The van der Waals surface area contributed by atoms with E-state index in [9.17, 15) is 17.6 Å². The highest BCUT2D eigenvalue weighted by molar-refractivity contribution is 5.31. The maximum absolute atomic E-state index is 13.7. The van der Waals surface area contributed by atoms with Gasteiger partial charge in [0.15, 0.2) is 0 Å². The highest BCUT2D eigenvalue weighted by atomic mass is 19.4. The molecule has 0 aromatic heterocycles. The Morgan fingerprint density at radius 3 is 2.24 bits per heavy atom. The van der Waals surface area contributed by atoms with E-state index in [1.54, 1.807) is 0 Å². The van der Waals surface area contributed by atoms with Gasteiger partial charge in [0.1, 0.15) is 5.82 Å². The van der Waals surface area contributed by atoms with Crippen LogP contribution in [-0.4, -0.2) is 0 Å². The summed E-state index contributed by atoms with van der Waals surface area (Å²) in [5.74, 6) is 1.87. The number of hydrogen-bond donors (Lipinski definition) is 1. The minimum atomic E-state index is -4.65. The summed E-state index contributed by atoms with van der Waals surface area (Å²) in [4.78, 5) is 0. The Morgan fingerprint density at radius 2 is 1.71 bits per heavy atom. The van der Waals surface area contributed by atoms with E-state index in [0.29, 0.717) is 23.3 Å². The van der Waals surface area contributed by atoms with E-state index in [4.69, 9.17) is 5.73 Å². The molecule has 0 spiro atoms. The van der Waals surface area contributed by atoms with Crippen LogP contribution < -0.4 is 5.73 Å². The predicted octanol–water partition coefficient (Wildman–Crippen LogP) is 4.14. The fourth-order valence-corrected chi connectivity index (χ4v) is 5.06. The van der Waals surface area contributed by atoms with Gasteiger partial charge in [-0.15, -0.1) is 0 Å². The first-order valence-electron chi connectivity index (χ1n) is 7.50. The van der Waals surface area contributed by atoms with Gasteiger partial charge in [0, 0.05) is 6.04 Å². The molecule has 0 saturated heterocycles. The van der Waals surface area contributed by atoms with Crippen LogP contribution in [0.15, 0.2) is 18.2 Å². The number of hydrogen-bond acceptors (Lipinski definition) is 1. The Morgan fingerprint density at radius 1 is 1.10 bits per heavy atom. The quantitative estimate of drug-likeness (QED) is 0.816. The van der Waals surface area contributed by atoms with Crippen LogP contribution in [0, 0.1) is 35.4 Å². The maximum atomic E-state index is 13.7. The standard InChI is InChI=1S/C16H17F4N/c17-11-6-9(3-4-10(11)16(18,19)20)15(21)14-12-7-1-2-8(5-7)13(12)14/h3-4,6-8,12-15H,1-2,5,21H2. The molecule has 114 valence electrons. The largest absolute Gasteiger partial charge is 0.419 e. The monoisotopic (exact) mass is 299 g/mol. The van der Waals surface area contributed by atoms with E-state index in [1.807, 2.05) is 0 Å². The van der Waals surface area contributed by atoms with Gasteiger partial charge in [0.25, 0.3) is 0 Å². The van der Waals surface area contributed by atoms with E-state index in [0.717, 1.165) is 24.0 Å². The third-order valence-corrected chi connectivity index (χ3v) is 5.89. The second kappa shape index (κ2) is 4.22. The minimum Gasteiger partial charge on any atom is -0.324 e. The van der Waals surface area contributed by atoms with Gasteiger partial charge in [-0.2, -0.15) is 13.2 Å². The van der Waals surface area contributed by atoms with Crippen molar-refractivity contribution in [3.63, 3.8) is 0 Å². The molecule has 3 aliphatic rings. The highest BCUT2D eigenvalue weighted by Gasteiger charge is 2.66. The van der Waals surface area contributed by atoms with Crippen LogP contribution in [-0.2, 0) is 6.18 Å². The van der Waals surface area contributed by atoms with Crippen molar-refractivity contribution in [2.24, 2.45) is 35.3 Å². The summed E-state index contributed by atoms with van der Waals surface area (Å²) >= 11 is 0. The molecule has 21 heavy (non-hydrogen) atoms. The Kier molecular flexibility index (Phi) is 2.72. The number of fused-ring (bicyclic) bond motifs is 5. The van der Waals surface area contributed by atoms with Gasteiger partial charge >= 0.3 is 6.18 Å². The number of halogens is 4. The molecule has 1 aromatic rings. The average molecular weight is 299 g/mol. The molecular weight excluding hydrogens is 282 g/mol. The van der Waals surface area contributed by atoms with E-state index in [2.05, 4.69) is 0 Å². The third-order valence-electron chi connectivity index (χ3n) is 5.89. The van der Waals surface area contributed by atoms with Crippen molar-refractivity contribution < 1.29 is 17.6 Å². The Hall–Kier alpha value is -1.10. The van der Waals surface area contributed by atoms with Crippen LogP contribution in [0.4, 0.5) is 17.6 Å². The Balaban J connectivity index is 1.56. The van der Waals surface area contributed by atoms with Crippen molar-refractivity contribution in [3.05, 3.63) is 35.1 Å². The van der Waals surface area contributed by atoms with Gasteiger partial charge in [-0.05, 0) is 66.5 Å². The Bertz CT molecular complexity index is 566. The maximum Gasteiger partial charge on any atom is 0.419 e. The van der Waals surface area contributed by atoms with Gasteiger partial charge in [-0.3, -0.25) is 0 Å². The molecule has 0 aliphatic heterocycles. The normalized spacial score (nSPS) is 38.4. The molecule has 4 rings (SSSR count). The van der Waals surface area contributed by atoms with Crippen LogP contribution in [0.25, 0.3) is 0 Å². The summed E-state index contributed by atoms with van der Waals surface area (Å²) in [6.45, 7) is 0. The molecule has 5 atom stereocenters. The van der Waals surface area contributed by atoms with E-state index in [-0.39, 0.29) is 6.04 Å². The first kappa shape index (κ1) is 13.6. The van der Waals surface area contributed by atoms with Crippen molar-refractivity contribution in [1.82, 2.24) is 0 Å². The van der Waals surface area contributed by atoms with Gasteiger partial charge in [0.05, 0.1) is 5.56 Å². The SMILES string of the molecule is NC(c1ccc(C(F)(F)F)c(F)c1)C1C2C3CCC(C3)C21. The van der Waals surface area contributed by atoms with Crippen LogP contribution in [0.5, 0.6) is 0 Å². The average Bonchev–Trinajstić information content (AvgIpc) is 2.83. The molecule has 0 radical (unpaired) electrons. The summed E-state index contributed by atoms with van der Waals surface area (Å²) in [5, 5.41) is 0. The fourth-order valence-electron chi connectivity index (χ4n) is 5.06. The molecule has 5 unspecified atom stereocenters. The lowest BCUT2D eigenvalue weighted by molar-refractivity contribution is -0.140. The number of benzene rings is 1.